The molecule has 8 nitrogen and oxygen atoms in total. The van der Waals surface area contributed by atoms with Gasteiger partial charge in [0.1, 0.15) is 21.7 Å². The molecule has 1 N–H and O–H groups in total. The summed E-state index contributed by atoms with van der Waals surface area (Å²) in [5.74, 6) is -0.727. The lowest BCUT2D eigenvalue weighted by Crippen LogP contribution is -2.57. The maximum Gasteiger partial charge on any atom is 0.243 e. The lowest BCUT2D eigenvalue weighted by molar-refractivity contribution is -0.134. The number of sulfone groups is 1. The van der Waals surface area contributed by atoms with Crippen LogP contribution < -0.4 is 9.46 Å². The number of rotatable bonds is 8. The van der Waals surface area contributed by atoms with Crippen LogP contribution in [0.5, 0.6) is 5.75 Å². The number of hydrogen-bond donors (Lipinski definition) is 1. The van der Waals surface area contributed by atoms with Crippen LogP contribution in [-0.2, 0) is 24.7 Å². The third kappa shape index (κ3) is 4.63. The van der Waals surface area contributed by atoms with E-state index in [9.17, 15) is 26.0 Å². The predicted octanol–water partition coefficient (Wildman–Crippen LogP) is 1.19. The van der Waals surface area contributed by atoms with Crippen LogP contribution in [0.3, 0.4) is 0 Å². The van der Waals surface area contributed by atoms with Crippen molar-refractivity contribution in [3.8, 4) is 5.75 Å². The maximum atomic E-state index is 13.6. The molecule has 2 aromatic rings. The number of hydrogen-bond acceptors (Lipinski definition) is 6. The van der Waals surface area contributed by atoms with Crippen LogP contribution in [-0.4, -0.2) is 59.6 Å². The first-order chi connectivity index (χ1) is 14.1. The summed E-state index contributed by atoms with van der Waals surface area (Å²) in [5.41, 5.74) is 0. The van der Waals surface area contributed by atoms with E-state index in [1.54, 1.807) is 12.1 Å². The number of carbonyl (C=O) groups excluding carboxylic acids is 1. The van der Waals surface area contributed by atoms with Crippen molar-refractivity contribution in [3.05, 3.63) is 54.3 Å². The fourth-order valence-electron chi connectivity index (χ4n) is 2.99. The molecule has 1 fully saturated rings. The Bertz CT molecular complexity index is 1130. The van der Waals surface area contributed by atoms with E-state index in [4.69, 9.17) is 4.74 Å². The molecule has 0 unspecified atom stereocenters. The van der Waals surface area contributed by atoms with Crippen molar-refractivity contribution in [2.45, 2.75) is 21.5 Å². The van der Waals surface area contributed by atoms with Gasteiger partial charge in [0.25, 0.3) is 0 Å². The SMILES string of the molecule is COc1ccc(S(=O)(=O)C2CN(C(=O)CCNS(=O)(=O)c3ccccc3F)C2)cc1. The molecule has 162 valence electrons. The standard InChI is InChI=1S/C19H21FN2O6S2/c1-28-14-6-8-15(9-7-14)29(24,25)16-12-22(13-16)19(23)10-11-21-30(26,27)18-5-3-2-4-17(18)20/h2-9,16,21H,10-13H2,1H3. The van der Waals surface area contributed by atoms with Crippen molar-refractivity contribution in [2.24, 2.45) is 0 Å². The van der Waals surface area contributed by atoms with Crippen molar-refractivity contribution in [1.29, 1.82) is 0 Å². The molecule has 0 aliphatic carbocycles. The summed E-state index contributed by atoms with van der Waals surface area (Å²) in [7, 11) is -6.18. The molecule has 11 heteroatoms. The van der Waals surface area contributed by atoms with Gasteiger partial charge in [-0.05, 0) is 36.4 Å². The average Bonchev–Trinajstić information content (AvgIpc) is 2.66. The highest BCUT2D eigenvalue weighted by molar-refractivity contribution is 7.92. The zero-order chi connectivity index (χ0) is 21.9. The van der Waals surface area contributed by atoms with Gasteiger partial charge in [-0.3, -0.25) is 4.79 Å². The molecule has 30 heavy (non-hydrogen) atoms. The van der Waals surface area contributed by atoms with E-state index in [0.29, 0.717) is 5.75 Å². The zero-order valence-electron chi connectivity index (χ0n) is 16.1. The largest absolute Gasteiger partial charge is 0.497 e. The highest BCUT2D eigenvalue weighted by atomic mass is 32.2. The molecular weight excluding hydrogens is 435 g/mol. The molecule has 0 radical (unpaired) electrons. The number of methoxy groups -OCH3 is 1. The molecule has 1 saturated heterocycles. The highest BCUT2D eigenvalue weighted by Gasteiger charge is 2.40. The van der Waals surface area contributed by atoms with Gasteiger partial charge in [0.15, 0.2) is 9.84 Å². The van der Waals surface area contributed by atoms with E-state index in [-0.39, 0.29) is 36.9 Å². The molecule has 0 aromatic heterocycles. The molecule has 0 bridgehead atoms. The first-order valence-corrected chi connectivity index (χ1v) is 12.1. The van der Waals surface area contributed by atoms with Gasteiger partial charge >= 0.3 is 0 Å². The molecule has 1 aliphatic rings. The molecule has 0 spiro atoms. The number of likely N-dealkylation sites (tertiary alicyclic amines) is 1. The van der Waals surface area contributed by atoms with Gasteiger partial charge in [-0.15, -0.1) is 0 Å². The first kappa shape index (κ1) is 22.2. The lowest BCUT2D eigenvalue weighted by Gasteiger charge is -2.38. The quantitative estimate of drug-likeness (QED) is 0.639. The minimum atomic E-state index is -4.08. The Balaban J connectivity index is 1.51. The monoisotopic (exact) mass is 456 g/mol. The van der Waals surface area contributed by atoms with Gasteiger partial charge in [0.2, 0.25) is 15.9 Å². The fourth-order valence-corrected chi connectivity index (χ4v) is 5.75. The Labute approximate surface area is 174 Å². The second-order valence-electron chi connectivity index (χ2n) is 6.72. The third-order valence-corrected chi connectivity index (χ3v) is 8.38. The van der Waals surface area contributed by atoms with Crippen molar-refractivity contribution >= 4 is 25.8 Å². The van der Waals surface area contributed by atoms with Crippen LogP contribution in [0.1, 0.15) is 6.42 Å². The minimum absolute atomic E-state index is 0.0350. The van der Waals surface area contributed by atoms with Gasteiger partial charge in [0.05, 0.1) is 12.0 Å². The number of carbonyl (C=O) groups is 1. The number of amides is 1. The molecule has 0 atom stereocenters. The van der Waals surface area contributed by atoms with Crippen LogP contribution in [0, 0.1) is 5.82 Å². The number of nitrogens with one attached hydrogen (secondary N) is 1. The van der Waals surface area contributed by atoms with Crippen molar-refractivity contribution in [2.75, 3.05) is 26.7 Å². The Morgan fingerprint density at radius 3 is 2.33 bits per heavy atom. The summed E-state index contributed by atoms with van der Waals surface area (Å²) in [6.45, 7) is -0.150. The summed E-state index contributed by atoms with van der Waals surface area (Å²) in [6.07, 6.45) is -0.164. The molecular formula is C19H21FN2O6S2. The minimum Gasteiger partial charge on any atom is -0.497 e. The average molecular weight is 457 g/mol. The summed E-state index contributed by atoms with van der Waals surface area (Å²) >= 11 is 0. The lowest BCUT2D eigenvalue weighted by atomic mass is 10.2. The summed E-state index contributed by atoms with van der Waals surface area (Å²) in [6, 6.07) is 10.9. The topological polar surface area (TPSA) is 110 Å². The van der Waals surface area contributed by atoms with Crippen molar-refractivity contribution in [1.82, 2.24) is 9.62 Å². The summed E-state index contributed by atoms with van der Waals surface area (Å²) in [5, 5.41) is -0.718. The van der Waals surface area contributed by atoms with Gasteiger partial charge in [0, 0.05) is 26.1 Å². The second-order valence-corrected chi connectivity index (χ2v) is 10.7. The Morgan fingerprint density at radius 2 is 1.73 bits per heavy atom. The number of halogens is 1. The van der Waals surface area contributed by atoms with Gasteiger partial charge in [-0.2, -0.15) is 0 Å². The first-order valence-electron chi connectivity index (χ1n) is 9.05. The Morgan fingerprint density at radius 1 is 1.10 bits per heavy atom. The van der Waals surface area contributed by atoms with Gasteiger partial charge in [-0.25, -0.2) is 25.9 Å². The van der Waals surface area contributed by atoms with Crippen LogP contribution >= 0.6 is 0 Å². The molecule has 1 amide bonds. The van der Waals surface area contributed by atoms with E-state index in [1.165, 1.54) is 36.3 Å². The molecule has 2 aromatic carbocycles. The van der Waals surface area contributed by atoms with Crippen LogP contribution in [0.15, 0.2) is 58.3 Å². The Hall–Kier alpha value is -2.50. The molecule has 1 heterocycles. The number of ether oxygens (including phenoxy) is 1. The Kier molecular flexibility index (Phi) is 6.44. The van der Waals surface area contributed by atoms with Crippen LogP contribution in [0.25, 0.3) is 0 Å². The highest BCUT2D eigenvalue weighted by Crippen LogP contribution is 2.25. The number of sulfonamides is 1. The van der Waals surface area contributed by atoms with E-state index in [2.05, 4.69) is 4.72 Å². The zero-order valence-corrected chi connectivity index (χ0v) is 17.7. The van der Waals surface area contributed by atoms with Crippen molar-refractivity contribution < 1.29 is 30.8 Å². The van der Waals surface area contributed by atoms with Gasteiger partial charge < -0.3 is 9.64 Å². The summed E-state index contributed by atoms with van der Waals surface area (Å²) < 4.78 is 70.3. The fraction of sp³-hybridized carbons (Fsp3) is 0.316. The predicted molar refractivity (Wildman–Crippen MR) is 107 cm³/mol. The molecule has 3 rings (SSSR count). The van der Waals surface area contributed by atoms with Crippen LogP contribution in [0.2, 0.25) is 0 Å². The van der Waals surface area contributed by atoms with Crippen molar-refractivity contribution in [3.63, 3.8) is 0 Å². The molecule has 1 aliphatic heterocycles. The third-order valence-electron chi connectivity index (χ3n) is 4.78. The summed E-state index contributed by atoms with van der Waals surface area (Å²) in [4.78, 5) is 13.2. The van der Waals surface area contributed by atoms with E-state index in [0.717, 1.165) is 12.1 Å². The molecule has 0 saturated carbocycles. The second kappa shape index (κ2) is 8.70. The van der Waals surface area contributed by atoms with Gasteiger partial charge in [-0.1, -0.05) is 12.1 Å². The van der Waals surface area contributed by atoms with Crippen LogP contribution in [0.4, 0.5) is 4.39 Å². The van der Waals surface area contributed by atoms with E-state index in [1.807, 2.05) is 0 Å². The van der Waals surface area contributed by atoms with E-state index < -0.39 is 35.8 Å². The van der Waals surface area contributed by atoms with E-state index >= 15 is 0 Å². The normalized spacial score (nSPS) is 14.9. The number of nitrogens with zero attached hydrogens (tertiary/aromatic N) is 1. The smallest absolute Gasteiger partial charge is 0.243 e. The number of benzene rings is 2. The maximum absolute atomic E-state index is 13.6.